The van der Waals surface area contributed by atoms with Crippen molar-refractivity contribution in [3.8, 4) is 23.0 Å². The maximum absolute atomic E-state index is 12.9. The minimum Gasteiger partial charge on any atom is -0.487 e. The number of carboxylic acid groups (broad SMARTS) is 1. The molecule has 0 saturated heterocycles. The molecule has 0 aliphatic rings. The molecule has 190 valence electrons. The lowest BCUT2D eigenvalue weighted by Gasteiger charge is -2.27. The number of aromatic nitrogens is 1. The highest BCUT2D eigenvalue weighted by Crippen LogP contribution is 2.27. The Morgan fingerprint density at radius 2 is 1.78 bits per heavy atom. The Morgan fingerprint density at radius 1 is 1.05 bits per heavy atom. The Hall–Kier alpha value is -4.30. The summed E-state index contributed by atoms with van der Waals surface area (Å²) in [5, 5.41) is 10.0. The number of amides is 1. The van der Waals surface area contributed by atoms with Crippen LogP contribution in [-0.4, -0.2) is 33.6 Å². The molecule has 1 N–H and O–H groups in total. The van der Waals surface area contributed by atoms with Crippen LogP contribution < -0.4 is 9.47 Å². The molecule has 0 aliphatic heterocycles. The summed E-state index contributed by atoms with van der Waals surface area (Å²) in [4.78, 5) is 30.0. The quantitative estimate of drug-likeness (QED) is 0.267. The summed E-state index contributed by atoms with van der Waals surface area (Å²) in [6.45, 7) is 3.24. The van der Waals surface area contributed by atoms with Crippen molar-refractivity contribution in [1.29, 1.82) is 0 Å². The van der Waals surface area contributed by atoms with Crippen molar-refractivity contribution < 1.29 is 28.6 Å². The van der Waals surface area contributed by atoms with Crippen molar-refractivity contribution in [2.45, 2.75) is 26.5 Å². The summed E-state index contributed by atoms with van der Waals surface area (Å²) in [6.07, 6.45) is 0.760. The fourth-order valence-electron chi connectivity index (χ4n) is 3.64. The SMILES string of the molecule is Cc1cccc(OC(=O)N(CC(=O)O)[C@@H](C)c2cccc(OCc3coc(-c4ccc(Cl)cc4)n3)c2)c1. The minimum atomic E-state index is -1.15. The van der Waals surface area contributed by atoms with Gasteiger partial charge in [-0.25, -0.2) is 9.78 Å². The van der Waals surface area contributed by atoms with Crippen molar-refractivity contribution in [2.75, 3.05) is 6.54 Å². The Bertz CT molecular complexity index is 1390. The minimum absolute atomic E-state index is 0.156. The van der Waals surface area contributed by atoms with Gasteiger partial charge in [0.15, 0.2) is 0 Å². The molecule has 1 heterocycles. The molecule has 4 aromatic rings. The number of rotatable bonds is 9. The number of ether oxygens (including phenoxy) is 2. The largest absolute Gasteiger partial charge is 0.487 e. The van der Waals surface area contributed by atoms with Gasteiger partial charge in [-0.3, -0.25) is 9.69 Å². The lowest BCUT2D eigenvalue weighted by Crippen LogP contribution is -2.39. The van der Waals surface area contributed by atoms with Crippen LogP contribution in [0.1, 0.15) is 29.8 Å². The molecule has 4 rings (SSSR count). The van der Waals surface area contributed by atoms with E-state index in [2.05, 4.69) is 4.98 Å². The number of halogens is 1. The van der Waals surface area contributed by atoms with Crippen LogP contribution >= 0.6 is 11.6 Å². The van der Waals surface area contributed by atoms with Crippen molar-refractivity contribution >= 4 is 23.7 Å². The summed E-state index contributed by atoms with van der Waals surface area (Å²) in [5.74, 6) is 0.176. The number of oxazole rings is 1. The van der Waals surface area contributed by atoms with Gasteiger partial charge in [-0.2, -0.15) is 0 Å². The molecule has 9 heteroatoms. The molecule has 1 aromatic heterocycles. The molecule has 8 nitrogen and oxygen atoms in total. The van der Waals surface area contributed by atoms with E-state index in [4.69, 9.17) is 25.5 Å². The van der Waals surface area contributed by atoms with Gasteiger partial charge in [-0.1, -0.05) is 35.9 Å². The topological polar surface area (TPSA) is 102 Å². The number of aliphatic carboxylic acids is 1. The first-order valence-electron chi connectivity index (χ1n) is 11.5. The van der Waals surface area contributed by atoms with E-state index in [1.54, 1.807) is 61.5 Å². The molecule has 1 amide bonds. The van der Waals surface area contributed by atoms with Gasteiger partial charge >= 0.3 is 12.1 Å². The van der Waals surface area contributed by atoms with Crippen molar-refractivity contribution in [3.63, 3.8) is 0 Å². The fraction of sp³-hybridized carbons (Fsp3) is 0.179. The van der Waals surface area contributed by atoms with Crippen LogP contribution in [0.15, 0.2) is 83.5 Å². The van der Waals surface area contributed by atoms with Gasteiger partial charge in [-0.15, -0.1) is 0 Å². The van der Waals surface area contributed by atoms with Crippen LogP contribution in [-0.2, 0) is 11.4 Å². The third kappa shape index (κ3) is 6.89. The van der Waals surface area contributed by atoms with Crippen LogP contribution in [0, 0.1) is 6.92 Å². The van der Waals surface area contributed by atoms with Crippen molar-refractivity contribution in [3.05, 3.63) is 101 Å². The second-order valence-corrected chi connectivity index (χ2v) is 8.83. The number of benzene rings is 3. The normalized spacial score (nSPS) is 11.5. The van der Waals surface area contributed by atoms with E-state index in [0.717, 1.165) is 16.0 Å². The number of hydrogen-bond donors (Lipinski definition) is 1. The van der Waals surface area contributed by atoms with Crippen LogP contribution in [0.4, 0.5) is 4.79 Å². The molecule has 0 bridgehead atoms. The molecular weight excluding hydrogens is 496 g/mol. The summed E-state index contributed by atoms with van der Waals surface area (Å²) in [7, 11) is 0. The molecule has 37 heavy (non-hydrogen) atoms. The lowest BCUT2D eigenvalue weighted by molar-refractivity contribution is -0.138. The summed E-state index contributed by atoms with van der Waals surface area (Å²) >= 11 is 5.93. The molecule has 0 unspecified atom stereocenters. The van der Waals surface area contributed by atoms with Gasteiger partial charge < -0.3 is 19.0 Å². The van der Waals surface area contributed by atoms with Crippen molar-refractivity contribution in [2.24, 2.45) is 0 Å². The van der Waals surface area contributed by atoms with E-state index in [-0.39, 0.29) is 6.61 Å². The van der Waals surface area contributed by atoms with E-state index in [0.29, 0.717) is 33.7 Å². The Labute approximate surface area is 219 Å². The van der Waals surface area contributed by atoms with Crippen LogP contribution in [0.5, 0.6) is 11.5 Å². The van der Waals surface area contributed by atoms with Gasteiger partial charge in [0.25, 0.3) is 0 Å². The van der Waals surface area contributed by atoms with Crippen molar-refractivity contribution in [1.82, 2.24) is 9.88 Å². The summed E-state index contributed by atoms with van der Waals surface area (Å²) < 4.78 is 16.9. The maximum atomic E-state index is 12.9. The molecular formula is C28H25ClN2O6. The zero-order chi connectivity index (χ0) is 26.4. The summed E-state index contributed by atoms with van der Waals surface area (Å²) in [5.41, 5.74) is 2.99. The van der Waals surface area contributed by atoms with E-state index in [1.807, 2.05) is 25.1 Å². The molecule has 0 aliphatic carbocycles. The van der Waals surface area contributed by atoms with Crippen LogP contribution in [0.2, 0.25) is 5.02 Å². The number of aryl methyl sites for hydroxylation is 1. The number of nitrogens with zero attached hydrogens (tertiary/aromatic N) is 2. The van der Waals surface area contributed by atoms with Gasteiger partial charge in [0, 0.05) is 10.6 Å². The average Bonchev–Trinajstić information content (AvgIpc) is 3.35. The number of carboxylic acids is 1. The monoisotopic (exact) mass is 520 g/mol. The van der Waals surface area contributed by atoms with E-state index >= 15 is 0 Å². The highest BCUT2D eigenvalue weighted by Gasteiger charge is 2.26. The van der Waals surface area contributed by atoms with Crippen LogP contribution in [0.25, 0.3) is 11.5 Å². The van der Waals surface area contributed by atoms with Gasteiger partial charge in [0.1, 0.15) is 36.6 Å². The molecule has 0 spiro atoms. The molecule has 0 radical (unpaired) electrons. The standard InChI is InChI=1S/C28H25ClN2O6/c1-18-5-3-8-25(13-18)37-28(34)31(15-26(32)33)19(2)21-6-4-7-24(14-21)35-16-23-17-36-27(30-23)20-9-11-22(29)12-10-20/h3-14,17,19H,15-16H2,1-2H3,(H,32,33)/t19-/m0/s1. The predicted molar refractivity (Wildman–Crippen MR) is 138 cm³/mol. The Balaban J connectivity index is 1.44. The van der Waals surface area contributed by atoms with Crippen LogP contribution in [0.3, 0.4) is 0 Å². The number of carbonyl (C=O) groups is 2. The van der Waals surface area contributed by atoms with Gasteiger partial charge in [0.05, 0.1) is 6.04 Å². The molecule has 1 atom stereocenters. The highest BCUT2D eigenvalue weighted by atomic mass is 35.5. The first kappa shape index (κ1) is 25.8. The number of hydrogen-bond acceptors (Lipinski definition) is 6. The van der Waals surface area contributed by atoms with E-state index in [9.17, 15) is 14.7 Å². The zero-order valence-corrected chi connectivity index (χ0v) is 21.0. The Kier molecular flexibility index (Phi) is 8.10. The first-order valence-corrected chi connectivity index (χ1v) is 11.9. The average molecular weight is 521 g/mol. The first-order chi connectivity index (χ1) is 17.8. The Morgan fingerprint density at radius 3 is 2.51 bits per heavy atom. The summed E-state index contributed by atoms with van der Waals surface area (Å²) in [6, 6.07) is 20.6. The maximum Gasteiger partial charge on any atom is 0.416 e. The lowest BCUT2D eigenvalue weighted by atomic mass is 10.1. The van der Waals surface area contributed by atoms with Gasteiger partial charge in [0.2, 0.25) is 5.89 Å². The molecule has 3 aromatic carbocycles. The smallest absolute Gasteiger partial charge is 0.416 e. The van der Waals surface area contributed by atoms with E-state index < -0.39 is 24.6 Å². The predicted octanol–water partition coefficient (Wildman–Crippen LogP) is 6.53. The third-order valence-electron chi connectivity index (χ3n) is 5.57. The van der Waals surface area contributed by atoms with E-state index in [1.165, 1.54) is 6.26 Å². The highest BCUT2D eigenvalue weighted by molar-refractivity contribution is 6.30. The van der Waals surface area contributed by atoms with Gasteiger partial charge in [-0.05, 0) is 73.5 Å². The molecule has 0 saturated carbocycles. The molecule has 0 fully saturated rings. The fourth-order valence-corrected chi connectivity index (χ4v) is 3.77. The second kappa shape index (κ2) is 11.6. The number of carbonyl (C=O) groups excluding carboxylic acids is 1. The zero-order valence-electron chi connectivity index (χ0n) is 20.3. The second-order valence-electron chi connectivity index (χ2n) is 8.39. The third-order valence-corrected chi connectivity index (χ3v) is 5.82.